The largest absolute Gasteiger partial charge is 0.494 e. The first kappa shape index (κ1) is 21.5. The highest BCUT2D eigenvalue weighted by atomic mass is 16.3. The second-order valence-electron chi connectivity index (χ2n) is 7.28. The van der Waals surface area contributed by atoms with Crippen molar-refractivity contribution >= 4 is 23.4 Å². The molecule has 9 heteroatoms. The van der Waals surface area contributed by atoms with Crippen molar-refractivity contribution < 1.29 is 14.4 Å². The Morgan fingerprint density at radius 2 is 1.86 bits per heavy atom. The SMILES string of the molecule is CC(C)[C@H](NC(=O)[C@@H]1CCCN1C(=O)[C@H](C)N)C(=O)N([N+]=O)c1ccccc1. The van der Waals surface area contributed by atoms with Crippen molar-refractivity contribution in [2.24, 2.45) is 11.7 Å². The van der Waals surface area contributed by atoms with Crippen molar-refractivity contribution in [1.29, 1.82) is 0 Å². The minimum Gasteiger partial charge on any atom is -0.342 e. The Kier molecular flexibility index (Phi) is 7.22. The molecule has 3 N–H and O–H groups in total. The van der Waals surface area contributed by atoms with Crippen LogP contribution in [0, 0.1) is 10.8 Å². The zero-order chi connectivity index (χ0) is 20.8. The van der Waals surface area contributed by atoms with Crippen LogP contribution in [0.4, 0.5) is 5.69 Å². The van der Waals surface area contributed by atoms with Crippen LogP contribution in [0.25, 0.3) is 0 Å². The summed E-state index contributed by atoms with van der Waals surface area (Å²) in [6.07, 6.45) is 1.18. The Morgan fingerprint density at radius 1 is 1.21 bits per heavy atom. The fourth-order valence-corrected chi connectivity index (χ4v) is 3.24. The standard InChI is InChI=1S/C19H27N5O4/c1-12(2)16(19(27)24(22-28)14-8-5-4-6-9-14)21-17(25)15-10-7-11-23(15)18(26)13(3)20/h4-6,8-9,12-13,15-16H,7,10-11,20H2,1-3H3,(H,21,25)/q+1/t13-,15-,16-/m0/s1. The smallest absolute Gasteiger partial charge is 0.342 e. The zero-order valence-corrected chi connectivity index (χ0v) is 16.4. The fourth-order valence-electron chi connectivity index (χ4n) is 3.24. The molecule has 0 aromatic heterocycles. The lowest BCUT2D eigenvalue weighted by atomic mass is 10.0. The van der Waals surface area contributed by atoms with Crippen molar-refractivity contribution in [3.05, 3.63) is 35.2 Å². The third kappa shape index (κ3) is 4.72. The molecule has 151 valence electrons. The van der Waals surface area contributed by atoms with Crippen LogP contribution in [0.15, 0.2) is 30.3 Å². The number of rotatable bonds is 7. The predicted octanol–water partition coefficient (Wildman–Crippen LogP) is 0.516. The minimum absolute atomic E-state index is 0.289. The summed E-state index contributed by atoms with van der Waals surface area (Å²) in [6.45, 7) is 5.54. The van der Waals surface area contributed by atoms with Gasteiger partial charge in [-0.3, -0.25) is 14.4 Å². The van der Waals surface area contributed by atoms with Crippen molar-refractivity contribution in [2.45, 2.75) is 51.7 Å². The van der Waals surface area contributed by atoms with Gasteiger partial charge >= 0.3 is 11.2 Å². The number of hydrogen-bond donors (Lipinski definition) is 2. The molecule has 1 aromatic rings. The molecule has 1 aromatic carbocycles. The van der Waals surface area contributed by atoms with Crippen LogP contribution in [0.3, 0.4) is 0 Å². The molecule has 1 fully saturated rings. The lowest BCUT2D eigenvalue weighted by Gasteiger charge is -2.28. The Balaban J connectivity index is 2.17. The number of nitrogens with one attached hydrogen (secondary N) is 1. The van der Waals surface area contributed by atoms with Gasteiger partial charge in [-0.1, -0.05) is 32.0 Å². The van der Waals surface area contributed by atoms with E-state index in [-0.39, 0.29) is 11.8 Å². The molecule has 1 aliphatic rings. The van der Waals surface area contributed by atoms with Gasteiger partial charge in [-0.05, 0) is 37.8 Å². The Hall–Kier alpha value is -2.81. The van der Waals surface area contributed by atoms with Gasteiger partial charge in [-0.25, -0.2) is 0 Å². The molecule has 9 nitrogen and oxygen atoms in total. The van der Waals surface area contributed by atoms with Crippen molar-refractivity contribution in [1.82, 2.24) is 15.5 Å². The first-order chi connectivity index (χ1) is 13.3. The highest BCUT2D eigenvalue weighted by Gasteiger charge is 2.41. The van der Waals surface area contributed by atoms with E-state index in [1.165, 1.54) is 4.90 Å². The highest BCUT2D eigenvalue weighted by Crippen LogP contribution is 2.20. The second-order valence-corrected chi connectivity index (χ2v) is 7.28. The zero-order valence-electron chi connectivity index (χ0n) is 16.4. The van der Waals surface area contributed by atoms with E-state index in [1.54, 1.807) is 51.1 Å². The number of likely N-dealkylation sites (tertiary alicyclic amines) is 1. The monoisotopic (exact) mass is 389 g/mol. The summed E-state index contributed by atoms with van der Waals surface area (Å²) < 4.78 is 0. The molecule has 0 saturated carbocycles. The normalized spacial score (nSPS) is 18.5. The van der Waals surface area contributed by atoms with Crippen LogP contribution in [0.1, 0.15) is 33.6 Å². The first-order valence-electron chi connectivity index (χ1n) is 9.36. The van der Waals surface area contributed by atoms with E-state index in [2.05, 4.69) is 10.6 Å². The molecule has 1 aliphatic heterocycles. The van der Waals surface area contributed by atoms with Crippen LogP contribution >= 0.6 is 0 Å². The molecule has 3 amide bonds. The van der Waals surface area contributed by atoms with E-state index in [1.807, 2.05) is 0 Å². The summed E-state index contributed by atoms with van der Waals surface area (Å²) in [6, 6.07) is 5.93. The van der Waals surface area contributed by atoms with E-state index in [0.717, 1.165) is 5.01 Å². The predicted molar refractivity (Wildman–Crippen MR) is 105 cm³/mol. The number of nitrogens with zero attached hydrogens (tertiary/aromatic N) is 3. The van der Waals surface area contributed by atoms with Gasteiger partial charge in [0, 0.05) is 11.6 Å². The third-order valence-corrected chi connectivity index (χ3v) is 4.75. The molecule has 3 atom stereocenters. The molecule has 0 aliphatic carbocycles. The molecule has 1 radical (unpaired) electrons. The van der Waals surface area contributed by atoms with E-state index >= 15 is 0 Å². The number of benzene rings is 1. The van der Waals surface area contributed by atoms with Crippen LogP contribution in [0.5, 0.6) is 0 Å². The lowest BCUT2D eigenvalue weighted by molar-refractivity contribution is -0.140. The van der Waals surface area contributed by atoms with E-state index < -0.39 is 29.9 Å². The number of nitroso groups, excluding NO2 is 1. The molecule has 2 rings (SSSR count). The van der Waals surface area contributed by atoms with Crippen LogP contribution in [0.2, 0.25) is 0 Å². The molecule has 28 heavy (non-hydrogen) atoms. The number of hydrogen-bond acceptors (Lipinski definition) is 6. The van der Waals surface area contributed by atoms with Gasteiger partial charge in [0.15, 0.2) is 0 Å². The van der Waals surface area contributed by atoms with Crippen LogP contribution < -0.4 is 21.3 Å². The quantitative estimate of drug-likeness (QED) is 0.657. The number of para-hydroxylation sites is 1. The van der Waals surface area contributed by atoms with Gasteiger partial charge in [-0.15, -0.1) is 0 Å². The summed E-state index contributed by atoms with van der Waals surface area (Å²) in [5, 5.41) is 6.28. The van der Waals surface area contributed by atoms with Crippen molar-refractivity contribution in [3.63, 3.8) is 0 Å². The number of nitrogens with two attached hydrogens (primary N) is 1. The van der Waals surface area contributed by atoms with Crippen LogP contribution in [-0.4, -0.2) is 47.3 Å². The third-order valence-electron chi connectivity index (χ3n) is 4.75. The molecule has 0 bridgehead atoms. The summed E-state index contributed by atoms with van der Waals surface area (Å²) in [7, 11) is 0. The molecular weight excluding hydrogens is 362 g/mol. The molecule has 0 spiro atoms. The average molecular weight is 389 g/mol. The number of carbonyl (C=O) groups excluding carboxylic acids is 3. The number of anilines is 1. The maximum absolute atomic E-state index is 12.9. The second kappa shape index (κ2) is 9.41. The number of carbonyl (C=O) groups is 3. The van der Waals surface area contributed by atoms with Crippen molar-refractivity contribution in [3.8, 4) is 0 Å². The highest BCUT2D eigenvalue weighted by molar-refractivity contribution is 5.99. The van der Waals surface area contributed by atoms with E-state index in [4.69, 9.17) is 5.73 Å². The summed E-state index contributed by atoms with van der Waals surface area (Å²) in [5.74, 6) is -1.65. The summed E-state index contributed by atoms with van der Waals surface area (Å²) >= 11 is 0. The average Bonchev–Trinajstić information content (AvgIpc) is 3.16. The lowest BCUT2D eigenvalue weighted by Crippen LogP contribution is -2.57. The van der Waals surface area contributed by atoms with Gasteiger partial charge in [-0.2, -0.15) is 0 Å². The van der Waals surface area contributed by atoms with Crippen molar-refractivity contribution in [2.75, 3.05) is 11.6 Å². The van der Waals surface area contributed by atoms with Gasteiger partial charge in [0.2, 0.25) is 11.8 Å². The van der Waals surface area contributed by atoms with Gasteiger partial charge < -0.3 is 16.0 Å². The van der Waals surface area contributed by atoms with E-state index in [9.17, 15) is 19.3 Å². The maximum atomic E-state index is 12.9. The Bertz CT molecular complexity index is 722. The topological polar surface area (TPSA) is 127 Å². The molecule has 1 saturated heterocycles. The van der Waals surface area contributed by atoms with Crippen LogP contribution in [-0.2, 0) is 14.4 Å². The fraction of sp³-hybridized carbons (Fsp3) is 0.526. The summed E-state index contributed by atoms with van der Waals surface area (Å²) in [4.78, 5) is 50.7. The van der Waals surface area contributed by atoms with Gasteiger partial charge in [0.1, 0.15) is 22.7 Å². The van der Waals surface area contributed by atoms with Gasteiger partial charge in [0.05, 0.1) is 6.04 Å². The minimum atomic E-state index is -0.960. The molecule has 0 unspecified atom stereocenters. The van der Waals surface area contributed by atoms with Gasteiger partial charge in [0.25, 0.3) is 0 Å². The first-order valence-corrected chi connectivity index (χ1v) is 9.36. The summed E-state index contributed by atoms with van der Waals surface area (Å²) in [5.41, 5.74) is 5.98. The molecule has 1 heterocycles. The van der Waals surface area contributed by atoms with E-state index in [0.29, 0.717) is 25.1 Å². The maximum Gasteiger partial charge on any atom is 0.494 e. The Labute approximate surface area is 164 Å². The number of amides is 3. The Morgan fingerprint density at radius 3 is 2.39 bits per heavy atom. The molecular formula is C19H27N5O4+.